The standard InChI is InChI=1S/C22H21N3O3/c1-3-28-22(27)18-9-4-5-10-19(18)24-17-11-12-20(23-14-17)21(26)25-16-8-6-7-15(2)13-16/h4-14,24H,3H2,1-2H3,(H,25,26). The van der Waals surface area contributed by atoms with Gasteiger partial charge in [-0.1, -0.05) is 24.3 Å². The highest BCUT2D eigenvalue weighted by Crippen LogP contribution is 2.21. The first-order valence-electron chi connectivity index (χ1n) is 8.94. The first-order chi connectivity index (χ1) is 13.6. The van der Waals surface area contributed by atoms with Crippen LogP contribution in [0.25, 0.3) is 0 Å². The summed E-state index contributed by atoms with van der Waals surface area (Å²) in [5.74, 6) is -0.684. The van der Waals surface area contributed by atoms with Crippen molar-refractivity contribution in [2.24, 2.45) is 0 Å². The van der Waals surface area contributed by atoms with Gasteiger partial charge in [-0.15, -0.1) is 0 Å². The molecule has 0 radical (unpaired) electrons. The number of amides is 1. The smallest absolute Gasteiger partial charge is 0.340 e. The van der Waals surface area contributed by atoms with Crippen molar-refractivity contribution in [3.63, 3.8) is 0 Å². The number of carbonyl (C=O) groups is 2. The molecule has 0 spiro atoms. The lowest BCUT2D eigenvalue weighted by molar-refractivity contribution is 0.0527. The van der Waals surface area contributed by atoms with Crippen molar-refractivity contribution in [1.29, 1.82) is 0 Å². The molecule has 0 unspecified atom stereocenters. The third-order valence-corrected chi connectivity index (χ3v) is 3.97. The Kier molecular flexibility index (Phi) is 6.01. The molecule has 0 saturated heterocycles. The quantitative estimate of drug-likeness (QED) is 0.617. The van der Waals surface area contributed by atoms with E-state index in [-0.39, 0.29) is 5.91 Å². The van der Waals surface area contributed by atoms with Gasteiger partial charge in [-0.2, -0.15) is 0 Å². The molecule has 2 aromatic carbocycles. The summed E-state index contributed by atoms with van der Waals surface area (Å²) in [6, 6.07) is 18.0. The molecular weight excluding hydrogens is 354 g/mol. The van der Waals surface area contributed by atoms with Gasteiger partial charge in [0.25, 0.3) is 5.91 Å². The maximum atomic E-state index is 12.4. The van der Waals surface area contributed by atoms with Gasteiger partial charge in [0, 0.05) is 5.69 Å². The fourth-order valence-corrected chi connectivity index (χ4v) is 2.65. The first-order valence-corrected chi connectivity index (χ1v) is 8.94. The normalized spacial score (nSPS) is 10.2. The highest BCUT2D eigenvalue weighted by molar-refractivity contribution is 6.03. The summed E-state index contributed by atoms with van der Waals surface area (Å²) in [5, 5.41) is 5.96. The van der Waals surface area contributed by atoms with E-state index in [1.54, 1.807) is 43.5 Å². The molecule has 2 N–H and O–H groups in total. The van der Waals surface area contributed by atoms with Crippen LogP contribution in [0.5, 0.6) is 0 Å². The average molecular weight is 375 g/mol. The molecule has 0 fully saturated rings. The molecule has 0 bridgehead atoms. The summed E-state index contributed by atoms with van der Waals surface area (Å²) in [4.78, 5) is 28.6. The number of hydrogen-bond acceptors (Lipinski definition) is 5. The molecule has 0 saturated carbocycles. The van der Waals surface area contributed by atoms with Crippen LogP contribution in [0.4, 0.5) is 17.1 Å². The number of aryl methyl sites for hydroxylation is 1. The Hall–Kier alpha value is -3.67. The largest absolute Gasteiger partial charge is 0.462 e. The molecule has 142 valence electrons. The van der Waals surface area contributed by atoms with Crippen molar-refractivity contribution >= 4 is 28.9 Å². The van der Waals surface area contributed by atoms with E-state index in [1.807, 2.05) is 37.3 Å². The van der Waals surface area contributed by atoms with E-state index in [0.717, 1.165) is 11.3 Å². The molecule has 6 nitrogen and oxygen atoms in total. The number of nitrogens with one attached hydrogen (secondary N) is 2. The van der Waals surface area contributed by atoms with Gasteiger partial charge in [-0.3, -0.25) is 4.79 Å². The van der Waals surface area contributed by atoms with Crippen LogP contribution in [0.3, 0.4) is 0 Å². The number of aromatic nitrogens is 1. The van der Waals surface area contributed by atoms with Gasteiger partial charge >= 0.3 is 5.97 Å². The summed E-state index contributed by atoms with van der Waals surface area (Å²) in [6.45, 7) is 4.03. The van der Waals surface area contributed by atoms with Crippen molar-refractivity contribution in [2.45, 2.75) is 13.8 Å². The van der Waals surface area contributed by atoms with Crippen molar-refractivity contribution in [1.82, 2.24) is 4.98 Å². The number of rotatable bonds is 6. The second-order valence-electron chi connectivity index (χ2n) is 6.15. The molecule has 0 aliphatic heterocycles. The Balaban J connectivity index is 1.71. The number of nitrogens with zero attached hydrogens (tertiary/aromatic N) is 1. The number of carbonyl (C=O) groups excluding carboxylic acids is 2. The Labute approximate surface area is 163 Å². The number of ether oxygens (including phenoxy) is 1. The number of pyridine rings is 1. The van der Waals surface area contributed by atoms with Crippen molar-refractivity contribution in [3.8, 4) is 0 Å². The topological polar surface area (TPSA) is 80.3 Å². The predicted octanol–water partition coefficient (Wildman–Crippen LogP) is 4.56. The zero-order valence-corrected chi connectivity index (χ0v) is 15.7. The van der Waals surface area contributed by atoms with E-state index in [1.165, 1.54) is 0 Å². The van der Waals surface area contributed by atoms with Crippen LogP contribution in [-0.4, -0.2) is 23.5 Å². The van der Waals surface area contributed by atoms with Crippen LogP contribution in [0, 0.1) is 6.92 Å². The molecule has 0 aliphatic carbocycles. The minimum Gasteiger partial charge on any atom is -0.462 e. The lowest BCUT2D eigenvalue weighted by atomic mass is 10.1. The Morgan fingerprint density at radius 1 is 1.00 bits per heavy atom. The number of para-hydroxylation sites is 1. The molecule has 1 aromatic heterocycles. The summed E-state index contributed by atoms with van der Waals surface area (Å²) in [6.07, 6.45) is 1.55. The number of benzene rings is 2. The monoisotopic (exact) mass is 375 g/mol. The molecule has 1 heterocycles. The van der Waals surface area contributed by atoms with Crippen LogP contribution in [-0.2, 0) is 4.74 Å². The molecule has 3 aromatic rings. The zero-order chi connectivity index (χ0) is 19.9. The van der Waals surface area contributed by atoms with Gasteiger partial charge in [0.2, 0.25) is 0 Å². The summed E-state index contributed by atoms with van der Waals surface area (Å²) < 4.78 is 5.07. The van der Waals surface area contributed by atoms with Gasteiger partial charge < -0.3 is 15.4 Å². The van der Waals surface area contributed by atoms with Gasteiger partial charge in [-0.25, -0.2) is 9.78 Å². The molecule has 6 heteroatoms. The second-order valence-corrected chi connectivity index (χ2v) is 6.15. The van der Waals surface area contributed by atoms with Gasteiger partial charge in [-0.05, 0) is 55.8 Å². The lowest BCUT2D eigenvalue weighted by Crippen LogP contribution is -2.13. The molecular formula is C22H21N3O3. The van der Waals surface area contributed by atoms with Crippen LogP contribution in [0.1, 0.15) is 33.3 Å². The minimum atomic E-state index is -0.396. The third-order valence-electron chi connectivity index (χ3n) is 3.97. The number of esters is 1. The van der Waals surface area contributed by atoms with E-state index in [4.69, 9.17) is 4.74 Å². The van der Waals surface area contributed by atoms with Gasteiger partial charge in [0.1, 0.15) is 5.69 Å². The number of anilines is 3. The van der Waals surface area contributed by atoms with Crippen LogP contribution in [0.15, 0.2) is 66.9 Å². The van der Waals surface area contributed by atoms with Gasteiger partial charge in [0.15, 0.2) is 0 Å². The summed E-state index contributed by atoms with van der Waals surface area (Å²) >= 11 is 0. The summed E-state index contributed by atoms with van der Waals surface area (Å²) in [7, 11) is 0. The lowest BCUT2D eigenvalue weighted by Gasteiger charge is -2.11. The fourth-order valence-electron chi connectivity index (χ4n) is 2.65. The minimum absolute atomic E-state index is 0.288. The molecule has 0 atom stereocenters. The highest BCUT2D eigenvalue weighted by atomic mass is 16.5. The van der Waals surface area contributed by atoms with E-state index >= 15 is 0 Å². The summed E-state index contributed by atoms with van der Waals surface area (Å²) in [5.41, 5.74) is 3.78. The van der Waals surface area contributed by atoms with Crippen LogP contribution >= 0.6 is 0 Å². The SMILES string of the molecule is CCOC(=O)c1ccccc1Nc1ccc(C(=O)Nc2cccc(C)c2)nc1. The van der Waals surface area contributed by atoms with Crippen LogP contribution < -0.4 is 10.6 Å². The predicted molar refractivity (Wildman–Crippen MR) is 109 cm³/mol. The third kappa shape index (κ3) is 4.73. The van der Waals surface area contributed by atoms with E-state index in [0.29, 0.717) is 29.2 Å². The van der Waals surface area contributed by atoms with E-state index in [9.17, 15) is 9.59 Å². The van der Waals surface area contributed by atoms with Crippen molar-refractivity contribution in [3.05, 3.63) is 83.7 Å². The van der Waals surface area contributed by atoms with E-state index < -0.39 is 5.97 Å². The van der Waals surface area contributed by atoms with E-state index in [2.05, 4.69) is 15.6 Å². The zero-order valence-electron chi connectivity index (χ0n) is 15.7. The molecule has 1 amide bonds. The average Bonchev–Trinajstić information content (AvgIpc) is 2.69. The Morgan fingerprint density at radius 2 is 1.82 bits per heavy atom. The highest BCUT2D eigenvalue weighted by Gasteiger charge is 2.13. The maximum absolute atomic E-state index is 12.4. The van der Waals surface area contributed by atoms with Crippen LogP contribution in [0.2, 0.25) is 0 Å². The molecule has 0 aliphatic rings. The van der Waals surface area contributed by atoms with Crippen molar-refractivity contribution < 1.29 is 14.3 Å². The molecule has 3 rings (SSSR count). The fraction of sp³-hybridized carbons (Fsp3) is 0.136. The van der Waals surface area contributed by atoms with Crippen molar-refractivity contribution in [2.75, 3.05) is 17.2 Å². The Bertz CT molecular complexity index is 984. The first kappa shape index (κ1) is 19.1. The van der Waals surface area contributed by atoms with Gasteiger partial charge in [0.05, 0.1) is 29.7 Å². The second kappa shape index (κ2) is 8.81. The maximum Gasteiger partial charge on any atom is 0.340 e. The number of hydrogen-bond donors (Lipinski definition) is 2. The molecule has 28 heavy (non-hydrogen) atoms. The Morgan fingerprint density at radius 3 is 2.54 bits per heavy atom.